The highest BCUT2D eigenvalue weighted by Crippen LogP contribution is 2.31. The molecule has 0 aromatic heterocycles. The molecule has 3 aromatic rings. The summed E-state index contributed by atoms with van der Waals surface area (Å²) in [5.74, 6) is 1.09. The Morgan fingerprint density at radius 1 is 1.03 bits per heavy atom. The van der Waals surface area contributed by atoms with E-state index in [4.69, 9.17) is 14.5 Å². The minimum absolute atomic E-state index is 0.0860. The maximum Gasteiger partial charge on any atom is 0.238 e. The predicted molar refractivity (Wildman–Crippen MR) is 144 cm³/mol. The van der Waals surface area contributed by atoms with E-state index in [2.05, 4.69) is 5.32 Å². The molecule has 0 radical (unpaired) electrons. The van der Waals surface area contributed by atoms with Crippen molar-refractivity contribution in [2.45, 2.75) is 31.6 Å². The standard InChI is InChI=1S/C28H29N3O4S/c1-3-17-35-24-15-11-21(12-16-24)29-27(33)25-18-26(32)31(19-20-7-5-4-6-8-20)28(36-25)30-22-9-13-23(34-2)14-10-22/h4-16,25H,3,17-19H2,1-2H3,(H,29,33)/t25-/m0/s1. The van der Waals surface area contributed by atoms with Crippen LogP contribution in [-0.2, 0) is 16.1 Å². The van der Waals surface area contributed by atoms with Crippen LogP contribution in [0.25, 0.3) is 0 Å². The van der Waals surface area contributed by atoms with Crippen LogP contribution in [0, 0.1) is 0 Å². The van der Waals surface area contributed by atoms with Crippen LogP contribution in [0.1, 0.15) is 25.3 Å². The van der Waals surface area contributed by atoms with E-state index in [1.165, 1.54) is 11.8 Å². The minimum atomic E-state index is -0.600. The quantitative estimate of drug-likeness (QED) is 0.409. The molecule has 3 aromatic carbocycles. The van der Waals surface area contributed by atoms with E-state index in [-0.39, 0.29) is 18.2 Å². The van der Waals surface area contributed by atoms with Crippen molar-refractivity contribution in [1.29, 1.82) is 0 Å². The molecule has 2 amide bonds. The Hall–Kier alpha value is -3.78. The summed E-state index contributed by atoms with van der Waals surface area (Å²) in [6.45, 7) is 3.07. The van der Waals surface area contributed by atoms with Gasteiger partial charge in [-0.2, -0.15) is 0 Å². The SMILES string of the molecule is CCCOc1ccc(NC(=O)[C@@H]2CC(=O)N(Cc3ccccc3)C(=Nc3ccc(OC)cc3)S2)cc1. The van der Waals surface area contributed by atoms with Gasteiger partial charge in [0.25, 0.3) is 0 Å². The molecule has 186 valence electrons. The third-order valence-electron chi connectivity index (χ3n) is 5.51. The molecule has 1 atom stereocenters. The molecule has 0 aliphatic carbocycles. The zero-order chi connectivity index (χ0) is 25.3. The molecule has 0 bridgehead atoms. The first-order chi connectivity index (χ1) is 17.6. The first kappa shape index (κ1) is 25.3. The highest BCUT2D eigenvalue weighted by Gasteiger charge is 2.36. The van der Waals surface area contributed by atoms with Gasteiger partial charge in [-0.1, -0.05) is 49.0 Å². The van der Waals surface area contributed by atoms with Crippen molar-refractivity contribution >= 4 is 40.1 Å². The van der Waals surface area contributed by atoms with Crippen molar-refractivity contribution < 1.29 is 19.1 Å². The van der Waals surface area contributed by atoms with Gasteiger partial charge in [0.2, 0.25) is 11.8 Å². The van der Waals surface area contributed by atoms with Crippen molar-refractivity contribution in [3.63, 3.8) is 0 Å². The number of hydrogen-bond donors (Lipinski definition) is 1. The van der Waals surface area contributed by atoms with Crippen LogP contribution < -0.4 is 14.8 Å². The maximum absolute atomic E-state index is 13.2. The van der Waals surface area contributed by atoms with Crippen molar-refractivity contribution in [3.8, 4) is 11.5 Å². The lowest BCUT2D eigenvalue weighted by molar-refractivity contribution is -0.129. The number of ether oxygens (including phenoxy) is 2. The second-order valence-electron chi connectivity index (χ2n) is 8.23. The average molecular weight is 504 g/mol. The Morgan fingerprint density at radius 2 is 1.72 bits per heavy atom. The number of nitrogens with zero attached hydrogens (tertiary/aromatic N) is 2. The van der Waals surface area contributed by atoms with Crippen LogP contribution in [0.4, 0.5) is 11.4 Å². The van der Waals surface area contributed by atoms with Crippen LogP contribution in [0.15, 0.2) is 83.9 Å². The number of nitrogens with one attached hydrogen (secondary N) is 1. The summed E-state index contributed by atoms with van der Waals surface area (Å²) in [7, 11) is 1.60. The van der Waals surface area contributed by atoms with E-state index in [1.807, 2.05) is 73.7 Å². The molecule has 1 N–H and O–H groups in total. The summed E-state index contributed by atoms with van der Waals surface area (Å²) in [5.41, 5.74) is 2.31. The molecule has 8 heteroatoms. The Kier molecular flexibility index (Phi) is 8.62. The van der Waals surface area contributed by atoms with Gasteiger partial charge in [-0.3, -0.25) is 14.5 Å². The number of amides is 2. The van der Waals surface area contributed by atoms with Gasteiger partial charge in [0.05, 0.1) is 25.9 Å². The van der Waals surface area contributed by atoms with Crippen LogP contribution >= 0.6 is 11.8 Å². The zero-order valence-electron chi connectivity index (χ0n) is 20.3. The fourth-order valence-electron chi connectivity index (χ4n) is 3.61. The Balaban J connectivity index is 1.52. The first-order valence-electron chi connectivity index (χ1n) is 11.8. The predicted octanol–water partition coefficient (Wildman–Crippen LogP) is 5.64. The van der Waals surface area contributed by atoms with Crippen molar-refractivity contribution in [2.75, 3.05) is 19.0 Å². The van der Waals surface area contributed by atoms with Crippen molar-refractivity contribution in [3.05, 3.63) is 84.4 Å². The molecule has 1 heterocycles. The van der Waals surface area contributed by atoms with Gasteiger partial charge in [-0.25, -0.2) is 4.99 Å². The van der Waals surface area contributed by atoms with E-state index in [0.717, 1.165) is 23.5 Å². The number of hydrogen-bond acceptors (Lipinski definition) is 6. The highest BCUT2D eigenvalue weighted by molar-refractivity contribution is 8.15. The maximum atomic E-state index is 13.2. The van der Waals surface area contributed by atoms with Gasteiger partial charge in [0, 0.05) is 12.1 Å². The Labute approximate surface area is 215 Å². The van der Waals surface area contributed by atoms with E-state index in [1.54, 1.807) is 24.1 Å². The molecule has 4 rings (SSSR count). The lowest BCUT2D eigenvalue weighted by atomic mass is 10.2. The number of rotatable bonds is 9. The van der Waals surface area contributed by atoms with Crippen LogP contribution in [0.5, 0.6) is 11.5 Å². The normalized spacial score (nSPS) is 16.6. The second kappa shape index (κ2) is 12.3. The minimum Gasteiger partial charge on any atom is -0.497 e. The van der Waals surface area contributed by atoms with Crippen LogP contribution in [0.3, 0.4) is 0 Å². The van der Waals surface area contributed by atoms with Gasteiger partial charge < -0.3 is 14.8 Å². The number of thioether (sulfide) groups is 1. The van der Waals surface area contributed by atoms with Gasteiger partial charge in [-0.05, 0) is 60.5 Å². The van der Waals surface area contributed by atoms with E-state index < -0.39 is 5.25 Å². The third kappa shape index (κ3) is 6.66. The summed E-state index contributed by atoms with van der Waals surface area (Å²) in [4.78, 5) is 32.7. The third-order valence-corrected chi connectivity index (χ3v) is 6.70. The largest absolute Gasteiger partial charge is 0.497 e. The highest BCUT2D eigenvalue weighted by atomic mass is 32.2. The van der Waals surface area contributed by atoms with Crippen LogP contribution in [-0.4, -0.2) is 40.8 Å². The number of carbonyl (C=O) groups is 2. The Morgan fingerprint density at radius 3 is 2.39 bits per heavy atom. The van der Waals surface area contributed by atoms with Gasteiger partial charge >= 0.3 is 0 Å². The topological polar surface area (TPSA) is 80.2 Å². The van der Waals surface area contributed by atoms with E-state index >= 15 is 0 Å². The monoisotopic (exact) mass is 503 g/mol. The molecule has 1 aliphatic heterocycles. The number of carbonyl (C=O) groups excluding carboxylic acids is 2. The second-order valence-corrected chi connectivity index (χ2v) is 9.40. The number of amidine groups is 1. The Bertz CT molecular complexity index is 1200. The molecule has 0 unspecified atom stereocenters. The first-order valence-corrected chi connectivity index (χ1v) is 12.7. The number of anilines is 1. The molecular formula is C28H29N3O4S. The van der Waals surface area contributed by atoms with Gasteiger partial charge in [0.1, 0.15) is 16.7 Å². The molecule has 1 fully saturated rings. The fraction of sp³-hybridized carbons (Fsp3) is 0.250. The summed E-state index contributed by atoms with van der Waals surface area (Å²) in [5, 5.41) is 2.81. The van der Waals surface area contributed by atoms with Crippen LogP contribution in [0.2, 0.25) is 0 Å². The lowest BCUT2D eigenvalue weighted by Crippen LogP contribution is -2.44. The summed E-state index contributed by atoms with van der Waals surface area (Å²) in [6, 6.07) is 24.3. The number of benzene rings is 3. The summed E-state index contributed by atoms with van der Waals surface area (Å²) in [6.07, 6.45) is 1.01. The molecular weight excluding hydrogens is 474 g/mol. The molecule has 0 spiro atoms. The fourth-order valence-corrected chi connectivity index (χ4v) is 4.71. The number of aliphatic imine (C=N–C) groups is 1. The summed E-state index contributed by atoms with van der Waals surface area (Å²) >= 11 is 1.30. The molecule has 7 nitrogen and oxygen atoms in total. The van der Waals surface area contributed by atoms with Crippen molar-refractivity contribution in [1.82, 2.24) is 4.90 Å². The lowest BCUT2D eigenvalue weighted by Gasteiger charge is -2.32. The number of methoxy groups -OCH3 is 1. The summed E-state index contributed by atoms with van der Waals surface area (Å²) < 4.78 is 10.8. The van der Waals surface area contributed by atoms with Gasteiger partial charge in [-0.15, -0.1) is 0 Å². The average Bonchev–Trinajstić information content (AvgIpc) is 2.91. The smallest absolute Gasteiger partial charge is 0.238 e. The molecule has 1 saturated heterocycles. The molecule has 1 aliphatic rings. The zero-order valence-corrected chi connectivity index (χ0v) is 21.2. The van der Waals surface area contributed by atoms with E-state index in [0.29, 0.717) is 29.7 Å². The van der Waals surface area contributed by atoms with Crippen molar-refractivity contribution in [2.24, 2.45) is 4.99 Å². The molecule has 0 saturated carbocycles. The van der Waals surface area contributed by atoms with E-state index in [9.17, 15) is 9.59 Å². The molecule has 36 heavy (non-hydrogen) atoms. The van der Waals surface area contributed by atoms with Gasteiger partial charge in [0.15, 0.2) is 5.17 Å².